The number of sulfonamides is 1. The van der Waals surface area contributed by atoms with E-state index in [0.717, 1.165) is 16.9 Å². The third-order valence-electron chi connectivity index (χ3n) is 5.71. The van der Waals surface area contributed by atoms with E-state index in [1.54, 1.807) is 17.0 Å². The van der Waals surface area contributed by atoms with Crippen LogP contribution < -0.4 is 0 Å². The van der Waals surface area contributed by atoms with Crippen LogP contribution in [-0.2, 0) is 33.3 Å². The van der Waals surface area contributed by atoms with E-state index in [1.807, 2.05) is 61.5 Å². The molecule has 3 aromatic rings. The summed E-state index contributed by atoms with van der Waals surface area (Å²) in [5.74, 6) is 1.07. The number of benzene rings is 2. The van der Waals surface area contributed by atoms with Gasteiger partial charge in [-0.05, 0) is 47.7 Å². The first-order chi connectivity index (χ1) is 16.5. The third kappa shape index (κ3) is 6.93. The Morgan fingerprint density at radius 1 is 0.971 bits per heavy atom. The fraction of sp³-hybridized carbons (Fsp3) is 0.321. The number of rotatable bonds is 10. The maximum Gasteiger partial charge on any atom is 0.243 e. The molecule has 7 heteroatoms. The average Bonchev–Trinajstić information content (AvgIpc) is 3.23. The van der Waals surface area contributed by atoms with E-state index in [9.17, 15) is 13.2 Å². The van der Waals surface area contributed by atoms with Crippen LogP contribution in [-0.4, -0.2) is 36.6 Å². The first-order valence-corrected chi connectivity index (χ1v) is 13.0. The Hall–Kier alpha value is -3.16. The minimum absolute atomic E-state index is 0.0220. The van der Waals surface area contributed by atoms with Crippen molar-refractivity contribution in [2.45, 2.75) is 51.1 Å². The number of carbonyl (C=O) groups excluding carboxylic acids is 1. The molecule has 1 amide bonds. The molecule has 1 heterocycles. The molecule has 0 radical (unpaired) electrons. The average molecular weight is 495 g/mol. The molecule has 6 nitrogen and oxygen atoms in total. The summed E-state index contributed by atoms with van der Waals surface area (Å²) in [4.78, 5) is 15.2. The van der Waals surface area contributed by atoms with E-state index in [4.69, 9.17) is 4.42 Å². The van der Waals surface area contributed by atoms with Crippen molar-refractivity contribution in [2.75, 3.05) is 13.1 Å². The Balaban J connectivity index is 1.86. The zero-order valence-electron chi connectivity index (χ0n) is 20.9. The molecule has 0 N–H and O–H groups in total. The van der Waals surface area contributed by atoms with Crippen LogP contribution >= 0.6 is 0 Å². The number of amides is 1. The number of hydrogen-bond acceptors (Lipinski definition) is 4. The highest BCUT2D eigenvalue weighted by molar-refractivity contribution is 7.89. The van der Waals surface area contributed by atoms with E-state index < -0.39 is 10.0 Å². The maximum atomic E-state index is 13.5. The molecule has 0 saturated carbocycles. The summed E-state index contributed by atoms with van der Waals surface area (Å²) in [5.41, 5.74) is 1.88. The number of hydrogen-bond donors (Lipinski definition) is 0. The lowest BCUT2D eigenvalue weighted by Crippen LogP contribution is -2.42. The highest BCUT2D eigenvalue weighted by Crippen LogP contribution is 2.25. The minimum atomic E-state index is -3.90. The third-order valence-corrected chi connectivity index (χ3v) is 7.54. The van der Waals surface area contributed by atoms with E-state index in [0.29, 0.717) is 12.3 Å². The van der Waals surface area contributed by atoms with Crippen molar-refractivity contribution < 1.29 is 17.6 Å². The molecule has 186 valence electrons. The predicted molar refractivity (Wildman–Crippen MR) is 138 cm³/mol. The minimum Gasteiger partial charge on any atom is -0.464 e. The molecular weight excluding hydrogens is 460 g/mol. The predicted octanol–water partition coefficient (Wildman–Crippen LogP) is 5.29. The maximum absolute atomic E-state index is 13.5. The van der Waals surface area contributed by atoms with Crippen molar-refractivity contribution in [2.24, 2.45) is 0 Å². The second-order valence-corrected chi connectivity index (χ2v) is 11.5. The van der Waals surface area contributed by atoms with Crippen molar-refractivity contribution in [1.82, 2.24) is 9.21 Å². The van der Waals surface area contributed by atoms with Gasteiger partial charge in [0.1, 0.15) is 11.5 Å². The molecule has 1 aromatic heterocycles. The van der Waals surface area contributed by atoms with Gasteiger partial charge in [-0.15, -0.1) is 6.58 Å². The molecule has 3 rings (SSSR count). The molecule has 0 saturated heterocycles. The summed E-state index contributed by atoms with van der Waals surface area (Å²) in [6, 6.07) is 20.1. The van der Waals surface area contributed by atoms with Crippen LogP contribution in [0.4, 0.5) is 0 Å². The highest BCUT2D eigenvalue weighted by atomic mass is 32.2. The SMILES string of the molecule is C=CCN(CC(=O)N(Cc1ccccc1)Cc1ccc(C)o1)S(=O)(=O)c1ccc(C(C)(C)C)cc1. The summed E-state index contributed by atoms with van der Waals surface area (Å²) < 4.78 is 33.8. The Morgan fingerprint density at radius 3 is 2.17 bits per heavy atom. The van der Waals surface area contributed by atoms with Crippen molar-refractivity contribution in [3.8, 4) is 0 Å². The van der Waals surface area contributed by atoms with Crippen molar-refractivity contribution in [3.05, 3.63) is 102 Å². The van der Waals surface area contributed by atoms with Crippen LogP contribution in [0.1, 0.15) is 43.4 Å². The Bertz CT molecular complexity index is 1240. The van der Waals surface area contributed by atoms with Gasteiger partial charge in [-0.25, -0.2) is 8.42 Å². The van der Waals surface area contributed by atoms with Crippen LogP contribution in [0, 0.1) is 6.92 Å². The molecule has 0 bridgehead atoms. The Morgan fingerprint density at radius 2 is 1.63 bits per heavy atom. The van der Waals surface area contributed by atoms with Gasteiger partial charge in [0.25, 0.3) is 0 Å². The highest BCUT2D eigenvalue weighted by Gasteiger charge is 2.28. The van der Waals surface area contributed by atoms with Gasteiger partial charge >= 0.3 is 0 Å². The van der Waals surface area contributed by atoms with E-state index in [2.05, 4.69) is 27.4 Å². The van der Waals surface area contributed by atoms with Gasteiger partial charge < -0.3 is 9.32 Å². The summed E-state index contributed by atoms with van der Waals surface area (Å²) in [6.45, 7) is 12.0. The second kappa shape index (κ2) is 11.1. The Kier molecular flexibility index (Phi) is 8.35. The number of furan rings is 1. The van der Waals surface area contributed by atoms with E-state index >= 15 is 0 Å². The van der Waals surface area contributed by atoms with Crippen LogP contribution in [0.15, 0.2) is 88.7 Å². The summed E-state index contributed by atoms with van der Waals surface area (Å²) in [5, 5.41) is 0. The quantitative estimate of drug-likeness (QED) is 0.359. The van der Waals surface area contributed by atoms with Crippen molar-refractivity contribution in [1.29, 1.82) is 0 Å². The fourth-order valence-electron chi connectivity index (χ4n) is 3.71. The van der Waals surface area contributed by atoms with Crippen LogP contribution in [0.5, 0.6) is 0 Å². The molecule has 2 aromatic carbocycles. The summed E-state index contributed by atoms with van der Waals surface area (Å²) in [7, 11) is -3.90. The van der Waals surface area contributed by atoms with E-state index in [-0.39, 0.29) is 35.9 Å². The number of aryl methyl sites for hydroxylation is 1. The van der Waals surface area contributed by atoms with Gasteiger partial charge in [-0.3, -0.25) is 4.79 Å². The molecule has 0 aliphatic heterocycles. The van der Waals surface area contributed by atoms with Gasteiger partial charge in [-0.2, -0.15) is 4.31 Å². The molecule has 0 fully saturated rings. The molecule has 0 spiro atoms. The second-order valence-electron chi connectivity index (χ2n) is 9.61. The topological polar surface area (TPSA) is 70.8 Å². The normalized spacial score (nSPS) is 12.0. The molecule has 35 heavy (non-hydrogen) atoms. The largest absolute Gasteiger partial charge is 0.464 e. The van der Waals surface area contributed by atoms with Gasteiger partial charge in [-0.1, -0.05) is 69.3 Å². The van der Waals surface area contributed by atoms with E-state index in [1.165, 1.54) is 10.4 Å². The first kappa shape index (κ1) is 26.4. The molecule has 0 unspecified atom stereocenters. The monoisotopic (exact) mass is 494 g/mol. The van der Waals surface area contributed by atoms with Gasteiger partial charge in [0, 0.05) is 13.1 Å². The zero-order valence-corrected chi connectivity index (χ0v) is 21.7. The molecular formula is C28H34N2O4S. The van der Waals surface area contributed by atoms with Crippen molar-refractivity contribution >= 4 is 15.9 Å². The summed E-state index contributed by atoms with van der Waals surface area (Å²) in [6.07, 6.45) is 1.49. The van der Waals surface area contributed by atoms with Crippen molar-refractivity contribution in [3.63, 3.8) is 0 Å². The molecule has 0 aliphatic rings. The molecule has 0 atom stereocenters. The zero-order chi connectivity index (χ0) is 25.6. The van der Waals surface area contributed by atoms with Crippen LogP contribution in [0.3, 0.4) is 0 Å². The smallest absolute Gasteiger partial charge is 0.243 e. The molecule has 0 aliphatic carbocycles. The lowest BCUT2D eigenvalue weighted by Gasteiger charge is -2.27. The summed E-state index contributed by atoms with van der Waals surface area (Å²) >= 11 is 0. The number of nitrogens with zero attached hydrogens (tertiary/aromatic N) is 2. The standard InChI is InChI=1S/C28H34N2O4S/c1-6-18-30(35(32,33)26-16-13-24(14-17-26)28(3,4)5)21-27(31)29(19-23-10-8-7-9-11-23)20-25-15-12-22(2)34-25/h6-17H,1,18-21H2,2-5H3. The van der Waals surface area contributed by atoms with Gasteiger partial charge in [0.05, 0.1) is 18.0 Å². The lowest BCUT2D eigenvalue weighted by molar-refractivity contribution is -0.132. The van der Waals surface area contributed by atoms with Gasteiger partial charge in [0.15, 0.2) is 0 Å². The fourth-order valence-corrected chi connectivity index (χ4v) is 5.07. The van der Waals surface area contributed by atoms with Gasteiger partial charge in [0.2, 0.25) is 15.9 Å². The first-order valence-electron chi connectivity index (χ1n) is 11.6. The lowest BCUT2D eigenvalue weighted by atomic mass is 9.87. The number of carbonyl (C=O) groups is 1. The Labute approximate surface area is 208 Å². The van der Waals surface area contributed by atoms with Crippen LogP contribution in [0.2, 0.25) is 0 Å². The van der Waals surface area contributed by atoms with Crippen LogP contribution in [0.25, 0.3) is 0 Å².